The molecule has 12 aliphatic rings. The normalized spacial score (nSPS) is 58.0. The Bertz CT molecular complexity index is 1940. The van der Waals surface area contributed by atoms with Gasteiger partial charge in [0.15, 0.2) is 11.6 Å². The van der Waals surface area contributed by atoms with E-state index in [2.05, 4.69) is 55.4 Å². The van der Waals surface area contributed by atoms with Crippen molar-refractivity contribution in [2.45, 2.75) is 182 Å². The molecular formula is C54H76N2O6. The highest BCUT2D eigenvalue weighted by molar-refractivity contribution is 5.88. The van der Waals surface area contributed by atoms with Gasteiger partial charge in [0.2, 0.25) is 0 Å². The molecule has 13 rings (SSSR count). The van der Waals surface area contributed by atoms with Crippen LogP contribution in [0.15, 0.2) is 0 Å². The van der Waals surface area contributed by atoms with Crippen LogP contribution in [0.2, 0.25) is 0 Å². The second kappa shape index (κ2) is 13.0. The van der Waals surface area contributed by atoms with E-state index >= 15 is 0 Å². The summed E-state index contributed by atoms with van der Waals surface area (Å²) < 4.78 is 27.2. The van der Waals surface area contributed by atoms with Gasteiger partial charge in [0.25, 0.3) is 0 Å². The molecule has 4 saturated heterocycles. The van der Waals surface area contributed by atoms with Crippen LogP contribution in [0.3, 0.4) is 0 Å². The predicted molar refractivity (Wildman–Crippen MR) is 233 cm³/mol. The van der Waals surface area contributed by atoms with E-state index in [9.17, 15) is 9.59 Å². The van der Waals surface area contributed by atoms with Gasteiger partial charge < -0.3 is 18.9 Å². The molecule has 8 aliphatic carbocycles. The maximum atomic E-state index is 14.9. The van der Waals surface area contributed by atoms with E-state index in [1.807, 2.05) is 0 Å². The smallest absolute Gasteiger partial charge is 0.171 e. The van der Waals surface area contributed by atoms with Crippen LogP contribution in [0.4, 0.5) is 0 Å². The molecule has 0 unspecified atom stereocenters. The summed E-state index contributed by atoms with van der Waals surface area (Å²) in [6, 6.07) is 0. The van der Waals surface area contributed by atoms with Crippen molar-refractivity contribution in [2.24, 2.45) is 105 Å². The van der Waals surface area contributed by atoms with Crippen LogP contribution in [-0.2, 0) is 54.2 Å². The average molecular weight is 849 g/mol. The highest BCUT2D eigenvalue weighted by atomic mass is 16.7. The number of carbonyl (C=O) groups excluding carboxylic acids is 2. The first-order valence-corrected chi connectivity index (χ1v) is 26.1. The third-order valence-corrected chi connectivity index (χ3v) is 23.6. The first-order valence-electron chi connectivity index (χ1n) is 26.1. The summed E-state index contributed by atoms with van der Waals surface area (Å²) >= 11 is 0. The van der Waals surface area contributed by atoms with Crippen LogP contribution in [-0.4, -0.2) is 58.5 Å². The summed E-state index contributed by atoms with van der Waals surface area (Å²) in [4.78, 5) is 41.0. The molecular weight excluding hydrogens is 773 g/mol. The molecule has 2 spiro atoms. The monoisotopic (exact) mass is 849 g/mol. The zero-order valence-corrected chi connectivity index (χ0v) is 39.3. The molecule has 8 heteroatoms. The van der Waals surface area contributed by atoms with Gasteiger partial charge in [-0.05, 0) is 147 Å². The molecule has 6 saturated carbocycles. The highest BCUT2D eigenvalue weighted by Gasteiger charge is 2.74. The number of hydrogen-bond donors (Lipinski definition) is 0. The number of aromatic nitrogens is 2. The van der Waals surface area contributed by atoms with Crippen molar-refractivity contribution in [3.63, 3.8) is 0 Å². The zero-order valence-electron chi connectivity index (χ0n) is 39.3. The Labute approximate surface area is 371 Å². The van der Waals surface area contributed by atoms with Crippen LogP contribution < -0.4 is 0 Å². The molecule has 0 aromatic carbocycles. The second-order valence-electron chi connectivity index (χ2n) is 25.9. The minimum atomic E-state index is -0.496. The van der Waals surface area contributed by atoms with Crippen molar-refractivity contribution >= 4 is 11.6 Å². The molecule has 0 N–H and O–H groups in total. The fourth-order valence-electron chi connectivity index (χ4n) is 20.1. The SMILES string of the molecule is C[C@H]1CC[C@@]2(OC1)O[C@H]1C[C@H]3[C@@H]4CC[C@H]5Cc6nc7c(nc6C[C@]5(C)[C@H]4CC(=O)[C@]3(C)[C@H]1[C@@H]2C)C[C@@H]1CC[C@@H]2[C@H](CC(=O)[C@]3(C)[C@@H]4[C@H](C[C@@H]23)O[C@]2(CC[C@H](C)CO2)[C@H]4C)[C@@]1(C)C7. The third kappa shape index (κ3) is 4.96. The van der Waals surface area contributed by atoms with Crippen molar-refractivity contribution < 1.29 is 28.5 Å². The summed E-state index contributed by atoms with van der Waals surface area (Å²) in [6.07, 6.45) is 16.7. The zero-order chi connectivity index (χ0) is 42.7. The van der Waals surface area contributed by atoms with Crippen LogP contribution in [0.1, 0.15) is 155 Å². The molecule has 1 aromatic heterocycles. The Kier molecular flexibility index (Phi) is 8.52. The molecule has 0 bridgehead atoms. The Morgan fingerprint density at radius 1 is 0.516 bits per heavy atom. The van der Waals surface area contributed by atoms with Gasteiger partial charge >= 0.3 is 0 Å². The number of ketones is 2. The lowest BCUT2D eigenvalue weighted by Gasteiger charge is -2.60. The van der Waals surface area contributed by atoms with Gasteiger partial charge in [0.1, 0.15) is 11.6 Å². The number of Topliss-reactive ketones (excluding diaryl/α,β-unsaturated/α-hetero) is 2. The van der Waals surface area contributed by atoms with Crippen LogP contribution >= 0.6 is 0 Å². The van der Waals surface area contributed by atoms with E-state index in [-0.39, 0.29) is 57.5 Å². The van der Waals surface area contributed by atoms with Crippen LogP contribution in [0, 0.1) is 105 Å². The van der Waals surface area contributed by atoms with Gasteiger partial charge in [-0.1, -0.05) is 55.4 Å². The maximum absolute atomic E-state index is 14.9. The molecule has 22 atom stereocenters. The number of carbonyl (C=O) groups is 2. The van der Waals surface area contributed by atoms with Gasteiger partial charge in [-0.3, -0.25) is 19.6 Å². The van der Waals surface area contributed by atoms with Crippen molar-refractivity contribution in [1.29, 1.82) is 0 Å². The molecule has 338 valence electrons. The van der Waals surface area contributed by atoms with Crippen molar-refractivity contribution in [3.8, 4) is 0 Å². The molecule has 5 heterocycles. The van der Waals surface area contributed by atoms with E-state index in [0.29, 0.717) is 83.6 Å². The molecule has 8 nitrogen and oxygen atoms in total. The third-order valence-electron chi connectivity index (χ3n) is 23.6. The van der Waals surface area contributed by atoms with E-state index in [4.69, 9.17) is 28.9 Å². The fraction of sp³-hybridized carbons (Fsp3) is 0.889. The number of fused-ring (bicyclic) bond motifs is 16. The van der Waals surface area contributed by atoms with Gasteiger partial charge in [0.05, 0.1) is 48.2 Å². The topological polar surface area (TPSA) is 96.8 Å². The number of ether oxygens (including phenoxy) is 4. The van der Waals surface area contributed by atoms with Crippen LogP contribution in [0.25, 0.3) is 0 Å². The van der Waals surface area contributed by atoms with Gasteiger partial charge in [0, 0.05) is 60.2 Å². The molecule has 4 aliphatic heterocycles. The number of nitrogens with zero attached hydrogens (tertiary/aromatic N) is 2. The maximum Gasteiger partial charge on any atom is 0.171 e. The summed E-state index contributed by atoms with van der Waals surface area (Å²) in [5.41, 5.74) is 4.42. The van der Waals surface area contributed by atoms with Gasteiger partial charge in [-0.25, -0.2) is 0 Å². The summed E-state index contributed by atoms with van der Waals surface area (Å²) in [7, 11) is 0. The first-order chi connectivity index (χ1) is 29.5. The molecule has 10 fully saturated rings. The number of rotatable bonds is 0. The van der Waals surface area contributed by atoms with Crippen molar-refractivity contribution in [1.82, 2.24) is 9.97 Å². The first kappa shape index (κ1) is 40.5. The number of hydrogen-bond acceptors (Lipinski definition) is 8. The van der Waals surface area contributed by atoms with Gasteiger partial charge in [-0.15, -0.1) is 0 Å². The Hall–Kier alpha value is -1.74. The van der Waals surface area contributed by atoms with Gasteiger partial charge in [-0.2, -0.15) is 0 Å². The lowest BCUT2D eigenvalue weighted by atomic mass is 9.44. The molecule has 62 heavy (non-hydrogen) atoms. The van der Waals surface area contributed by atoms with E-state index < -0.39 is 11.6 Å². The quantitative estimate of drug-likeness (QED) is 0.255. The predicted octanol–water partition coefficient (Wildman–Crippen LogP) is 9.56. The molecule has 0 radical (unpaired) electrons. The minimum Gasteiger partial charge on any atom is -0.349 e. The average Bonchev–Trinajstić information content (AvgIpc) is 3.89. The second-order valence-corrected chi connectivity index (χ2v) is 25.9. The Balaban J connectivity index is 0.746. The Morgan fingerprint density at radius 3 is 1.32 bits per heavy atom. The summed E-state index contributed by atoms with van der Waals surface area (Å²) in [6.45, 7) is 20.6. The lowest BCUT2D eigenvalue weighted by Crippen LogP contribution is -2.59. The summed E-state index contributed by atoms with van der Waals surface area (Å²) in [5, 5.41) is 0. The molecule has 0 amide bonds. The molecule has 1 aromatic rings. The van der Waals surface area contributed by atoms with E-state index in [1.165, 1.54) is 48.5 Å². The van der Waals surface area contributed by atoms with Crippen molar-refractivity contribution in [3.05, 3.63) is 22.8 Å². The van der Waals surface area contributed by atoms with Crippen molar-refractivity contribution in [2.75, 3.05) is 13.2 Å². The standard InChI is InChI=1S/C54H76N2O6/c1-27-13-15-53(59-25-27)29(3)47-43(61-53)19-37-33-11-9-31-17-39-41(23-49(31,5)35(33)21-45(57)51(37,47)7)55-40-18-32-10-12-34-36(50(32,6)24-42(40)56-39)22-46(58)52(8)38(34)20-44-48(52)30(4)54(62-44)16-14-28(2)26-60-54/h27-38,43-44,47-48H,9-26H2,1-8H3/t27-,28-,29-,30-,31-,32-,33+,34+,35-,36-,37-,38-,43-,44-,47-,48-,49-,50-,51+,52+,53+,54+/m0/s1. The largest absolute Gasteiger partial charge is 0.349 e. The Morgan fingerprint density at radius 2 is 0.935 bits per heavy atom. The fourth-order valence-corrected chi connectivity index (χ4v) is 20.1. The van der Waals surface area contributed by atoms with E-state index in [0.717, 1.165) is 77.4 Å². The lowest BCUT2D eigenvalue weighted by molar-refractivity contribution is -0.272. The van der Waals surface area contributed by atoms with E-state index in [1.54, 1.807) is 0 Å². The summed E-state index contributed by atoms with van der Waals surface area (Å²) in [5.74, 6) is 5.94. The van der Waals surface area contributed by atoms with Crippen LogP contribution in [0.5, 0.6) is 0 Å². The minimum absolute atomic E-state index is 0.0577. The highest BCUT2D eigenvalue weighted by Crippen LogP contribution is 2.72.